The lowest BCUT2D eigenvalue weighted by Crippen LogP contribution is -2.50. The van der Waals surface area contributed by atoms with Gasteiger partial charge in [0.2, 0.25) is 0 Å². The first kappa shape index (κ1) is 15.4. The third-order valence-electron chi connectivity index (χ3n) is 3.39. The van der Waals surface area contributed by atoms with Gasteiger partial charge in [0.1, 0.15) is 0 Å². The summed E-state index contributed by atoms with van der Waals surface area (Å²) >= 11 is 0. The van der Waals surface area contributed by atoms with Crippen molar-refractivity contribution in [2.24, 2.45) is 5.92 Å². The first-order chi connectivity index (χ1) is 7.20. The van der Waals surface area contributed by atoms with Gasteiger partial charge in [-0.2, -0.15) is 0 Å². The highest BCUT2D eigenvalue weighted by molar-refractivity contribution is 5.66. The minimum absolute atomic E-state index is 0.0261. The summed E-state index contributed by atoms with van der Waals surface area (Å²) in [6, 6.07) is 0.421. The van der Waals surface area contributed by atoms with E-state index in [0.29, 0.717) is 18.5 Å². The predicted molar refractivity (Wildman–Crippen MR) is 67.6 cm³/mol. The summed E-state index contributed by atoms with van der Waals surface area (Å²) in [4.78, 5) is 13.0. The number of nitrogens with zero attached hydrogens (tertiary/aromatic N) is 1. The summed E-state index contributed by atoms with van der Waals surface area (Å²) in [5.41, 5.74) is 0.0261. The molecule has 2 atom stereocenters. The average Bonchev–Trinajstić information content (AvgIpc) is 2.13. The molecule has 0 spiro atoms. The van der Waals surface area contributed by atoms with Crippen molar-refractivity contribution in [2.75, 3.05) is 6.54 Å². The predicted octanol–water partition coefficient (Wildman–Crippen LogP) is 3.00. The van der Waals surface area contributed by atoms with Crippen LogP contribution in [0.15, 0.2) is 0 Å². The third kappa shape index (κ3) is 4.97. The van der Waals surface area contributed by atoms with E-state index in [1.807, 2.05) is 0 Å². The highest BCUT2D eigenvalue weighted by atomic mass is 16.4. The zero-order valence-corrected chi connectivity index (χ0v) is 11.6. The molecule has 2 unspecified atom stereocenters. The fourth-order valence-corrected chi connectivity index (χ4v) is 2.01. The Kier molecular flexibility index (Phi) is 6.01. The molecule has 16 heavy (non-hydrogen) atoms. The van der Waals surface area contributed by atoms with E-state index < -0.39 is 5.97 Å². The lowest BCUT2D eigenvalue weighted by atomic mass is 9.94. The van der Waals surface area contributed by atoms with Gasteiger partial charge in [-0.25, -0.2) is 0 Å². The number of aliphatic carboxylic acids is 1. The van der Waals surface area contributed by atoms with Gasteiger partial charge in [-0.05, 0) is 33.6 Å². The fourth-order valence-electron chi connectivity index (χ4n) is 2.01. The average molecular weight is 229 g/mol. The van der Waals surface area contributed by atoms with Crippen LogP contribution in [0.5, 0.6) is 0 Å². The highest BCUT2D eigenvalue weighted by Crippen LogP contribution is 2.23. The van der Waals surface area contributed by atoms with E-state index in [1.54, 1.807) is 0 Å². The van der Waals surface area contributed by atoms with Gasteiger partial charge in [0.05, 0.1) is 6.42 Å². The quantitative estimate of drug-likeness (QED) is 0.761. The van der Waals surface area contributed by atoms with Crippen LogP contribution in [0.2, 0.25) is 0 Å². The van der Waals surface area contributed by atoms with Gasteiger partial charge in [0.25, 0.3) is 0 Å². The summed E-state index contributed by atoms with van der Waals surface area (Å²) in [7, 11) is 0. The van der Waals surface area contributed by atoms with Crippen LogP contribution in [-0.2, 0) is 4.79 Å². The molecule has 0 aromatic rings. The monoisotopic (exact) mass is 229 g/mol. The van der Waals surface area contributed by atoms with Crippen molar-refractivity contribution in [1.29, 1.82) is 0 Å². The fraction of sp³-hybridized carbons (Fsp3) is 0.923. The Hall–Kier alpha value is -0.570. The van der Waals surface area contributed by atoms with Gasteiger partial charge in [0.15, 0.2) is 0 Å². The Morgan fingerprint density at radius 1 is 1.31 bits per heavy atom. The molecule has 0 aromatic heterocycles. The Labute approximate surface area is 99.8 Å². The van der Waals surface area contributed by atoms with Crippen molar-refractivity contribution in [2.45, 2.75) is 66.0 Å². The Morgan fingerprint density at radius 3 is 2.12 bits per heavy atom. The number of carboxylic acid groups (broad SMARTS) is 1. The third-order valence-corrected chi connectivity index (χ3v) is 3.39. The molecule has 96 valence electrons. The van der Waals surface area contributed by atoms with Crippen LogP contribution in [0.4, 0.5) is 0 Å². The van der Waals surface area contributed by atoms with E-state index in [4.69, 9.17) is 5.11 Å². The van der Waals surface area contributed by atoms with Gasteiger partial charge in [-0.3, -0.25) is 9.69 Å². The first-order valence-corrected chi connectivity index (χ1v) is 6.18. The maximum absolute atomic E-state index is 10.7. The van der Waals surface area contributed by atoms with Crippen LogP contribution in [0, 0.1) is 5.92 Å². The number of carboxylic acids is 1. The Morgan fingerprint density at radius 2 is 1.81 bits per heavy atom. The second-order valence-electron chi connectivity index (χ2n) is 5.63. The number of carbonyl (C=O) groups is 1. The maximum Gasteiger partial charge on any atom is 0.304 e. The maximum atomic E-state index is 10.7. The Balaban J connectivity index is 4.60. The molecule has 0 aromatic carbocycles. The molecule has 0 saturated carbocycles. The van der Waals surface area contributed by atoms with Crippen LogP contribution >= 0.6 is 0 Å². The zero-order valence-electron chi connectivity index (χ0n) is 11.6. The molecule has 0 aliphatic carbocycles. The summed E-state index contributed by atoms with van der Waals surface area (Å²) in [6.07, 6.45) is 1.35. The molecule has 0 aliphatic heterocycles. The molecule has 0 aliphatic rings. The van der Waals surface area contributed by atoms with Crippen LogP contribution in [0.25, 0.3) is 0 Å². The molecule has 1 N–H and O–H groups in total. The van der Waals surface area contributed by atoms with E-state index in [0.717, 1.165) is 6.42 Å². The molecule has 0 radical (unpaired) electrons. The van der Waals surface area contributed by atoms with Gasteiger partial charge in [0, 0.05) is 18.1 Å². The largest absolute Gasteiger partial charge is 0.481 e. The van der Waals surface area contributed by atoms with Gasteiger partial charge in [-0.1, -0.05) is 20.3 Å². The number of hydrogen-bond donors (Lipinski definition) is 1. The molecule has 0 amide bonds. The van der Waals surface area contributed by atoms with Crippen LogP contribution in [0.1, 0.15) is 54.4 Å². The van der Waals surface area contributed by atoms with Crippen molar-refractivity contribution in [3.05, 3.63) is 0 Å². The number of rotatable bonds is 6. The standard InChI is InChI=1S/C13H27NO2/c1-7-10(2)11(3)14(13(4,5)6)9-8-12(15)16/h10-11H,7-9H2,1-6H3,(H,15,16). The first-order valence-electron chi connectivity index (χ1n) is 6.18. The smallest absolute Gasteiger partial charge is 0.304 e. The molecular weight excluding hydrogens is 202 g/mol. The SMILES string of the molecule is CCC(C)C(C)N(CCC(=O)O)C(C)(C)C. The topological polar surface area (TPSA) is 40.5 Å². The van der Waals surface area contributed by atoms with Crippen LogP contribution in [-0.4, -0.2) is 34.1 Å². The summed E-state index contributed by atoms with van der Waals surface area (Å²) in [6.45, 7) is 13.7. The molecule has 0 heterocycles. The van der Waals surface area contributed by atoms with E-state index >= 15 is 0 Å². The molecule has 0 rings (SSSR count). The van der Waals surface area contributed by atoms with E-state index in [9.17, 15) is 4.79 Å². The molecule has 0 bridgehead atoms. The summed E-state index contributed by atoms with van der Waals surface area (Å²) < 4.78 is 0. The van der Waals surface area contributed by atoms with Crippen LogP contribution < -0.4 is 0 Å². The molecule has 0 fully saturated rings. The molecule has 0 saturated heterocycles. The van der Waals surface area contributed by atoms with Crippen molar-refractivity contribution < 1.29 is 9.90 Å². The second-order valence-corrected chi connectivity index (χ2v) is 5.63. The second kappa shape index (κ2) is 6.24. The van der Waals surface area contributed by atoms with Gasteiger partial charge >= 0.3 is 5.97 Å². The van der Waals surface area contributed by atoms with Gasteiger partial charge in [-0.15, -0.1) is 0 Å². The van der Waals surface area contributed by atoms with E-state index in [1.165, 1.54) is 0 Å². The lowest BCUT2D eigenvalue weighted by Gasteiger charge is -2.42. The molecular formula is C13H27NO2. The summed E-state index contributed by atoms with van der Waals surface area (Å²) in [5.74, 6) is -0.126. The Bertz CT molecular complexity index is 220. The minimum atomic E-state index is -0.717. The summed E-state index contributed by atoms with van der Waals surface area (Å²) in [5, 5.41) is 8.78. The van der Waals surface area contributed by atoms with E-state index in [-0.39, 0.29) is 12.0 Å². The zero-order chi connectivity index (χ0) is 12.9. The van der Waals surface area contributed by atoms with Gasteiger partial charge < -0.3 is 5.11 Å². The highest BCUT2D eigenvalue weighted by Gasteiger charge is 2.28. The molecule has 3 nitrogen and oxygen atoms in total. The van der Waals surface area contributed by atoms with Crippen molar-refractivity contribution in [1.82, 2.24) is 4.90 Å². The van der Waals surface area contributed by atoms with Crippen molar-refractivity contribution in [3.8, 4) is 0 Å². The number of hydrogen-bond acceptors (Lipinski definition) is 2. The van der Waals surface area contributed by atoms with Crippen molar-refractivity contribution in [3.63, 3.8) is 0 Å². The minimum Gasteiger partial charge on any atom is -0.481 e. The molecule has 3 heteroatoms. The van der Waals surface area contributed by atoms with Crippen molar-refractivity contribution >= 4 is 5.97 Å². The van der Waals surface area contributed by atoms with Crippen LogP contribution in [0.3, 0.4) is 0 Å². The van der Waals surface area contributed by atoms with E-state index in [2.05, 4.69) is 46.4 Å². The lowest BCUT2D eigenvalue weighted by molar-refractivity contribution is -0.137. The normalized spacial score (nSPS) is 16.2.